The van der Waals surface area contributed by atoms with Gasteiger partial charge in [-0.3, -0.25) is 0 Å². The zero-order valence-corrected chi connectivity index (χ0v) is 14.2. The van der Waals surface area contributed by atoms with Crippen LogP contribution in [-0.2, 0) is 17.8 Å². The Morgan fingerprint density at radius 3 is 2.63 bits per heavy atom. The topological polar surface area (TPSA) is 92.5 Å². The lowest BCUT2D eigenvalue weighted by Crippen LogP contribution is -2.22. The molecule has 1 atom stereocenters. The second-order valence-corrected chi connectivity index (χ2v) is 5.81. The van der Waals surface area contributed by atoms with Gasteiger partial charge in [0.25, 0.3) is 0 Å². The maximum atomic E-state index is 13.9. The number of carboxylic acid groups (broad SMARTS) is 1. The average molecular weight is 368 g/mol. The van der Waals surface area contributed by atoms with E-state index in [-0.39, 0.29) is 18.9 Å². The first-order chi connectivity index (χ1) is 13.0. The van der Waals surface area contributed by atoms with Gasteiger partial charge in [0, 0.05) is 12.6 Å². The van der Waals surface area contributed by atoms with Crippen LogP contribution in [0.25, 0.3) is 11.4 Å². The SMILES string of the molecule is O=C(O)C(O)Cc1ccccc1OCc1ccnc(-c2ccccc2F)n1. The standard InChI is InChI=1S/C20H17FN2O4/c21-16-7-3-2-6-15(16)19-22-10-9-14(23-19)12-27-18-8-4-1-5-13(18)11-17(24)20(25)26/h1-10,17,24H,11-12H2,(H,25,26). The van der Waals surface area contributed by atoms with Gasteiger partial charge in [-0.2, -0.15) is 0 Å². The third-order valence-electron chi connectivity index (χ3n) is 3.87. The predicted molar refractivity (Wildman–Crippen MR) is 95.5 cm³/mol. The van der Waals surface area contributed by atoms with Gasteiger partial charge in [-0.15, -0.1) is 0 Å². The maximum Gasteiger partial charge on any atom is 0.332 e. The van der Waals surface area contributed by atoms with E-state index in [2.05, 4.69) is 9.97 Å². The van der Waals surface area contributed by atoms with Crippen LogP contribution in [0.1, 0.15) is 11.3 Å². The van der Waals surface area contributed by atoms with Crippen molar-refractivity contribution in [1.29, 1.82) is 0 Å². The number of rotatable bonds is 7. The highest BCUT2D eigenvalue weighted by Crippen LogP contribution is 2.22. The van der Waals surface area contributed by atoms with Crippen molar-refractivity contribution in [2.24, 2.45) is 0 Å². The zero-order valence-electron chi connectivity index (χ0n) is 14.2. The Hall–Kier alpha value is -3.32. The number of hydrogen-bond acceptors (Lipinski definition) is 5. The molecule has 0 aliphatic heterocycles. The van der Waals surface area contributed by atoms with Crippen LogP contribution < -0.4 is 4.74 Å². The van der Waals surface area contributed by atoms with Crippen LogP contribution in [0.5, 0.6) is 5.75 Å². The summed E-state index contributed by atoms with van der Waals surface area (Å²) in [5.41, 5.74) is 1.40. The van der Waals surface area contributed by atoms with Gasteiger partial charge in [0.2, 0.25) is 0 Å². The smallest absolute Gasteiger partial charge is 0.332 e. The predicted octanol–water partition coefficient (Wildman–Crippen LogP) is 2.85. The number of halogens is 1. The van der Waals surface area contributed by atoms with E-state index in [0.717, 1.165) is 0 Å². The third-order valence-corrected chi connectivity index (χ3v) is 3.87. The molecular formula is C20H17FN2O4. The van der Waals surface area contributed by atoms with E-state index in [4.69, 9.17) is 9.84 Å². The number of aromatic nitrogens is 2. The molecule has 0 spiro atoms. The lowest BCUT2D eigenvalue weighted by molar-refractivity contribution is -0.146. The maximum absolute atomic E-state index is 13.9. The first kappa shape index (κ1) is 18.5. The Balaban J connectivity index is 1.76. The number of hydrogen-bond donors (Lipinski definition) is 2. The van der Waals surface area contributed by atoms with Crippen LogP contribution in [0.2, 0.25) is 0 Å². The molecule has 0 radical (unpaired) electrons. The number of carbonyl (C=O) groups is 1. The van der Waals surface area contributed by atoms with Gasteiger partial charge in [0.1, 0.15) is 18.2 Å². The molecule has 0 aliphatic carbocycles. The summed E-state index contributed by atoms with van der Waals surface area (Å²) in [7, 11) is 0. The Labute approximate surface area is 154 Å². The summed E-state index contributed by atoms with van der Waals surface area (Å²) in [5, 5.41) is 18.4. The highest BCUT2D eigenvalue weighted by atomic mass is 19.1. The molecular weight excluding hydrogens is 351 g/mol. The molecule has 0 aliphatic rings. The molecule has 7 heteroatoms. The van der Waals surface area contributed by atoms with Crippen LogP contribution >= 0.6 is 0 Å². The molecule has 2 N–H and O–H groups in total. The number of carboxylic acids is 1. The molecule has 27 heavy (non-hydrogen) atoms. The summed E-state index contributed by atoms with van der Waals surface area (Å²) >= 11 is 0. The van der Waals surface area contributed by atoms with Crippen LogP contribution in [0.4, 0.5) is 4.39 Å². The summed E-state index contributed by atoms with van der Waals surface area (Å²) in [5.74, 6) is -1.01. The van der Waals surface area contributed by atoms with E-state index >= 15 is 0 Å². The Morgan fingerprint density at radius 1 is 1.11 bits per heavy atom. The van der Waals surface area contributed by atoms with Crippen LogP contribution in [0.15, 0.2) is 60.8 Å². The molecule has 6 nitrogen and oxygen atoms in total. The Kier molecular flexibility index (Phi) is 5.73. The normalized spacial score (nSPS) is 11.8. The molecule has 0 saturated carbocycles. The molecule has 1 unspecified atom stereocenters. The summed E-state index contributed by atoms with van der Waals surface area (Å²) in [6.45, 7) is 0.0875. The minimum Gasteiger partial charge on any atom is -0.487 e. The number of aliphatic carboxylic acids is 1. The number of aliphatic hydroxyl groups is 1. The summed E-state index contributed by atoms with van der Waals surface area (Å²) in [4.78, 5) is 19.3. The molecule has 0 amide bonds. The summed E-state index contributed by atoms with van der Waals surface area (Å²) < 4.78 is 19.7. The first-order valence-corrected chi connectivity index (χ1v) is 8.23. The minimum absolute atomic E-state index is 0.0737. The molecule has 138 valence electrons. The highest BCUT2D eigenvalue weighted by Gasteiger charge is 2.16. The largest absolute Gasteiger partial charge is 0.487 e. The Morgan fingerprint density at radius 2 is 1.85 bits per heavy atom. The van der Waals surface area contributed by atoms with E-state index in [1.165, 1.54) is 12.3 Å². The number of para-hydroxylation sites is 1. The molecule has 1 heterocycles. The highest BCUT2D eigenvalue weighted by molar-refractivity contribution is 5.72. The van der Waals surface area contributed by atoms with E-state index in [0.29, 0.717) is 22.6 Å². The van der Waals surface area contributed by atoms with Crippen molar-refractivity contribution >= 4 is 5.97 Å². The Bertz CT molecular complexity index is 949. The van der Waals surface area contributed by atoms with Crippen molar-refractivity contribution < 1.29 is 24.1 Å². The third kappa shape index (κ3) is 4.65. The fourth-order valence-electron chi connectivity index (χ4n) is 2.51. The van der Waals surface area contributed by atoms with Gasteiger partial charge < -0.3 is 14.9 Å². The van der Waals surface area contributed by atoms with Gasteiger partial charge in [0.05, 0.1) is 11.3 Å². The van der Waals surface area contributed by atoms with Crippen LogP contribution in [-0.4, -0.2) is 32.3 Å². The fourth-order valence-corrected chi connectivity index (χ4v) is 2.51. The van der Waals surface area contributed by atoms with Crippen molar-refractivity contribution in [2.45, 2.75) is 19.1 Å². The molecule has 3 aromatic rings. The number of nitrogens with zero attached hydrogens (tertiary/aromatic N) is 2. The molecule has 1 aromatic heterocycles. The average Bonchev–Trinajstić information content (AvgIpc) is 2.68. The molecule has 0 saturated heterocycles. The quantitative estimate of drug-likeness (QED) is 0.666. The molecule has 0 bridgehead atoms. The second-order valence-electron chi connectivity index (χ2n) is 5.81. The van der Waals surface area contributed by atoms with E-state index in [1.807, 2.05) is 0 Å². The van der Waals surface area contributed by atoms with Crippen molar-refractivity contribution in [3.63, 3.8) is 0 Å². The van der Waals surface area contributed by atoms with Crippen molar-refractivity contribution in [3.8, 4) is 17.1 Å². The molecule has 0 fully saturated rings. The second kappa shape index (κ2) is 8.37. The number of aliphatic hydroxyl groups excluding tert-OH is 1. The molecule has 3 rings (SSSR count). The van der Waals surface area contributed by atoms with E-state index in [1.54, 1.807) is 48.5 Å². The van der Waals surface area contributed by atoms with Gasteiger partial charge in [-0.1, -0.05) is 30.3 Å². The van der Waals surface area contributed by atoms with Crippen molar-refractivity contribution in [2.75, 3.05) is 0 Å². The van der Waals surface area contributed by atoms with Crippen molar-refractivity contribution in [1.82, 2.24) is 9.97 Å². The van der Waals surface area contributed by atoms with Crippen LogP contribution in [0.3, 0.4) is 0 Å². The van der Waals surface area contributed by atoms with Gasteiger partial charge in [0.15, 0.2) is 11.9 Å². The lowest BCUT2D eigenvalue weighted by atomic mass is 10.1. The monoisotopic (exact) mass is 368 g/mol. The van der Waals surface area contributed by atoms with Crippen molar-refractivity contribution in [3.05, 3.63) is 77.9 Å². The minimum atomic E-state index is -1.51. The van der Waals surface area contributed by atoms with E-state index < -0.39 is 17.9 Å². The van der Waals surface area contributed by atoms with E-state index in [9.17, 15) is 14.3 Å². The van der Waals surface area contributed by atoms with Crippen LogP contribution in [0, 0.1) is 5.82 Å². The number of benzene rings is 2. The first-order valence-electron chi connectivity index (χ1n) is 8.23. The van der Waals surface area contributed by atoms with Gasteiger partial charge in [-0.05, 0) is 29.8 Å². The number of ether oxygens (including phenoxy) is 1. The summed E-state index contributed by atoms with van der Waals surface area (Å²) in [6, 6.07) is 14.7. The van der Waals surface area contributed by atoms with Gasteiger partial charge >= 0.3 is 5.97 Å². The lowest BCUT2D eigenvalue weighted by Gasteiger charge is -2.13. The summed E-state index contributed by atoms with van der Waals surface area (Å²) in [6.07, 6.45) is -0.0648. The fraction of sp³-hybridized carbons (Fsp3) is 0.150. The zero-order chi connectivity index (χ0) is 19.2. The van der Waals surface area contributed by atoms with Gasteiger partial charge in [-0.25, -0.2) is 19.2 Å². The molecule has 2 aromatic carbocycles.